The number of nitrogens with two attached hydrogens (primary N) is 1. The van der Waals surface area contributed by atoms with Crippen LogP contribution in [0.1, 0.15) is 11.6 Å². The van der Waals surface area contributed by atoms with Crippen molar-refractivity contribution in [1.82, 2.24) is 14.8 Å². The van der Waals surface area contributed by atoms with Gasteiger partial charge in [0.2, 0.25) is 11.0 Å². The van der Waals surface area contributed by atoms with E-state index in [1.54, 1.807) is 12.1 Å². The largest absolute Gasteiger partial charge is 0.316 e. The molecule has 2 rings (SSSR count). The molecule has 2 aromatic rings. The van der Waals surface area contributed by atoms with Crippen molar-refractivity contribution >= 4 is 22.6 Å². The SMILES string of the molecule is N[C@H](C(=O)Nc1nnns1)c1ccccc1. The van der Waals surface area contributed by atoms with Gasteiger partial charge in [-0.1, -0.05) is 39.9 Å². The third kappa shape index (κ3) is 2.38. The first kappa shape index (κ1) is 10.7. The number of anilines is 1. The Morgan fingerprint density at radius 3 is 2.75 bits per heavy atom. The molecule has 0 aliphatic carbocycles. The summed E-state index contributed by atoms with van der Waals surface area (Å²) in [6.45, 7) is 0. The van der Waals surface area contributed by atoms with Crippen molar-refractivity contribution in [3.8, 4) is 0 Å². The average molecular weight is 235 g/mol. The molecule has 0 saturated heterocycles. The molecule has 3 N–H and O–H groups in total. The fourth-order valence-electron chi connectivity index (χ4n) is 1.18. The Bertz CT molecular complexity index is 458. The molecule has 0 radical (unpaired) electrons. The number of nitrogens with zero attached hydrogens (tertiary/aromatic N) is 3. The van der Waals surface area contributed by atoms with Crippen molar-refractivity contribution < 1.29 is 4.79 Å². The number of carbonyl (C=O) groups excluding carboxylic acids is 1. The van der Waals surface area contributed by atoms with Crippen molar-refractivity contribution in [2.24, 2.45) is 5.73 Å². The minimum Gasteiger partial charge on any atom is -0.316 e. The number of nitrogens with one attached hydrogen (secondary N) is 1. The molecule has 1 aromatic heterocycles. The molecule has 6 nitrogen and oxygen atoms in total. The number of benzene rings is 1. The molecule has 7 heteroatoms. The Hall–Kier alpha value is -1.86. The van der Waals surface area contributed by atoms with E-state index in [0.29, 0.717) is 5.13 Å². The van der Waals surface area contributed by atoms with E-state index in [-0.39, 0.29) is 5.91 Å². The maximum Gasteiger partial charge on any atom is 0.247 e. The van der Waals surface area contributed by atoms with Crippen molar-refractivity contribution in [3.05, 3.63) is 35.9 Å². The summed E-state index contributed by atoms with van der Waals surface area (Å²) in [5.74, 6) is -0.329. The zero-order valence-corrected chi connectivity index (χ0v) is 9.02. The Kier molecular flexibility index (Phi) is 3.18. The van der Waals surface area contributed by atoms with Gasteiger partial charge in [0.15, 0.2) is 0 Å². The standard InChI is InChI=1S/C9H9N5OS/c10-7(6-4-2-1-3-5-6)8(15)11-9-12-13-14-16-9/h1-5,7H,10H2,(H,11,12,14,15)/t7-/m0/s1. The van der Waals surface area contributed by atoms with Gasteiger partial charge in [-0.25, -0.2) is 0 Å². The topological polar surface area (TPSA) is 93.8 Å². The van der Waals surface area contributed by atoms with Gasteiger partial charge in [0.05, 0.1) is 0 Å². The minimum absolute atomic E-state index is 0.329. The predicted octanol–water partition coefficient (Wildman–Crippen LogP) is 0.572. The van der Waals surface area contributed by atoms with E-state index in [2.05, 4.69) is 20.1 Å². The number of hydrogen-bond acceptors (Lipinski definition) is 6. The zero-order valence-electron chi connectivity index (χ0n) is 8.20. The number of rotatable bonds is 3. The summed E-state index contributed by atoms with van der Waals surface area (Å²) in [7, 11) is 0. The van der Waals surface area contributed by atoms with Gasteiger partial charge in [-0.2, -0.15) is 0 Å². The number of aromatic nitrogens is 3. The lowest BCUT2D eigenvalue weighted by Gasteiger charge is -2.09. The quantitative estimate of drug-likeness (QED) is 0.811. The van der Waals surface area contributed by atoms with Gasteiger partial charge in [-0.3, -0.25) is 10.1 Å². The molecule has 1 amide bonds. The van der Waals surface area contributed by atoms with Crippen LogP contribution in [0.2, 0.25) is 0 Å². The number of amides is 1. The first-order chi connectivity index (χ1) is 7.77. The van der Waals surface area contributed by atoms with Crippen LogP contribution in [0.5, 0.6) is 0 Å². The van der Waals surface area contributed by atoms with Crippen LogP contribution in [0.4, 0.5) is 5.13 Å². The second-order valence-corrected chi connectivity index (χ2v) is 3.78. The molecule has 0 unspecified atom stereocenters. The second-order valence-electron chi connectivity index (χ2n) is 3.05. The van der Waals surface area contributed by atoms with Gasteiger partial charge >= 0.3 is 0 Å². The number of carbonyl (C=O) groups is 1. The average Bonchev–Trinajstić information content (AvgIpc) is 2.82. The van der Waals surface area contributed by atoms with Crippen LogP contribution in [0.3, 0.4) is 0 Å². The van der Waals surface area contributed by atoms with Crippen molar-refractivity contribution in [3.63, 3.8) is 0 Å². The van der Waals surface area contributed by atoms with Crippen molar-refractivity contribution in [2.75, 3.05) is 5.32 Å². The zero-order chi connectivity index (χ0) is 11.4. The summed E-state index contributed by atoms with van der Waals surface area (Å²) in [5, 5.41) is 9.85. The molecule has 1 atom stereocenters. The third-order valence-electron chi connectivity index (χ3n) is 1.97. The van der Waals surface area contributed by atoms with E-state index in [1.165, 1.54) is 0 Å². The summed E-state index contributed by atoms with van der Waals surface area (Å²) in [6.07, 6.45) is 0. The van der Waals surface area contributed by atoms with E-state index in [9.17, 15) is 4.79 Å². The molecule has 1 heterocycles. The van der Waals surface area contributed by atoms with Gasteiger partial charge in [0.1, 0.15) is 6.04 Å². The van der Waals surface area contributed by atoms with Gasteiger partial charge in [0, 0.05) is 11.5 Å². The molecular formula is C9H9N5OS. The van der Waals surface area contributed by atoms with Crippen LogP contribution in [-0.2, 0) is 4.79 Å². The molecule has 0 fully saturated rings. The normalized spacial score (nSPS) is 12.1. The molecule has 16 heavy (non-hydrogen) atoms. The van der Waals surface area contributed by atoms with Gasteiger partial charge < -0.3 is 5.73 Å². The van der Waals surface area contributed by atoms with E-state index in [0.717, 1.165) is 17.1 Å². The predicted molar refractivity (Wildman–Crippen MR) is 59.7 cm³/mol. The van der Waals surface area contributed by atoms with Crippen LogP contribution in [0.25, 0.3) is 0 Å². The molecule has 0 spiro atoms. The number of hydrogen-bond donors (Lipinski definition) is 2. The first-order valence-electron chi connectivity index (χ1n) is 4.54. The molecule has 82 valence electrons. The van der Waals surface area contributed by atoms with E-state index in [4.69, 9.17) is 5.73 Å². The maximum absolute atomic E-state index is 11.7. The second kappa shape index (κ2) is 4.77. The van der Waals surface area contributed by atoms with E-state index < -0.39 is 6.04 Å². The van der Waals surface area contributed by atoms with E-state index >= 15 is 0 Å². The van der Waals surface area contributed by atoms with Crippen LogP contribution < -0.4 is 11.1 Å². The summed E-state index contributed by atoms with van der Waals surface area (Å²) in [4.78, 5) is 11.7. The van der Waals surface area contributed by atoms with E-state index in [1.807, 2.05) is 18.2 Å². The van der Waals surface area contributed by atoms with Crippen LogP contribution in [-0.4, -0.2) is 20.7 Å². The monoisotopic (exact) mass is 235 g/mol. The van der Waals surface area contributed by atoms with Crippen molar-refractivity contribution in [1.29, 1.82) is 0 Å². The Morgan fingerprint density at radius 2 is 2.12 bits per heavy atom. The lowest BCUT2D eigenvalue weighted by Crippen LogP contribution is -2.27. The van der Waals surface area contributed by atoms with Gasteiger partial charge in [-0.15, -0.1) is 0 Å². The summed E-state index contributed by atoms with van der Waals surface area (Å²) in [6, 6.07) is 8.39. The van der Waals surface area contributed by atoms with Crippen molar-refractivity contribution in [2.45, 2.75) is 6.04 Å². The fraction of sp³-hybridized carbons (Fsp3) is 0.111. The Morgan fingerprint density at radius 1 is 1.38 bits per heavy atom. The summed E-state index contributed by atoms with van der Waals surface area (Å²) < 4.78 is 3.53. The maximum atomic E-state index is 11.7. The molecule has 0 aliphatic heterocycles. The highest BCUT2D eigenvalue weighted by molar-refractivity contribution is 7.09. The third-order valence-corrected chi connectivity index (χ3v) is 2.48. The van der Waals surface area contributed by atoms with Crippen LogP contribution in [0.15, 0.2) is 30.3 Å². The Balaban J connectivity index is 2.05. The lowest BCUT2D eigenvalue weighted by molar-refractivity contribution is -0.117. The molecule has 0 bridgehead atoms. The Labute approximate surface area is 95.6 Å². The highest BCUT2D eigenvalue weighted by Gasteiger charge is 2.16. The summed E-state index contributed by atoms with van der Waals surface area (Å²) >= 11 is 1.00. The summed E-state index contributed by atoms with van der Waals surface area (Å²) in [5.41, 5.74) is 6.53. The van der Waals surface area contributed by atoms with Gasteiger partial charge in [-0.05, 0) is 10.8 Å². The van der Waals surface area contributed by atoms with Crippen LogP contribution >= 0.6 is 11.5 Å². The van der Waals surface area contributed by atoms with Crippen LogP contribution in [0, 0.1) is 0 Å². The molecular weight excluding hydrogens is 226 g/mol. The smallest absolute Gasteiger partial charge is 0.247 e. The lowest BCUT2D eigenvalue weighted by atomic mass is 10.1. The minimum atomic E-state index is -0.718. The highest BCUT2D eigenvalue weighted by atomic mass is 32.1. The molecule has 0 aliphatic rings. The highest BCUT2D eigenvalue weighted by Crippen LogP contribution is 2.13. The molecule has 1 aromatic carbocycles. The first-order valence-corrected chi connectivity index (χ1v) is 5.31. The van der Waals surface area contributed by atoms with Gasteiger partial charge in [0.25, 0.3) is 0 Å². The molecule has 0 saturated carbocycles. The fourth-order valence-corrected chi connectivity index (χ4v) is 1.55.